The van der Waals surface area contributed by atoms with Gasteiger partial charge in [0.2, 0.25) is 0 Å². The first-order valence-electron chi connectivity index (χ1n) is 3.68. The van der Waals surface area contributed by atoms with Crippen LogP contribution in [0.2, 0.25) is 0 Å². The number of rotatable bonds is 0. The van der Waals surface area contributed by atoms with Gasteiger partial charge in [-0.1, -0.05) is 20.8 Å². The highest BCUT2D eigenvalue weighted by Crippen LogP contribution is 2.31. The summed E-state index contributed by atoms with van der Waals surface area (Å²) in [6, 6.07) is 0. The number of hydrogen-bond acceptors (Lipinski definition) is 3. The molecular weight excluding hydrogens is 164 g/mol. The Bertz CT molecular complexity index is 235. The van der Waals surface area contributed by atoms with E-state index in [1.807, 2.05) is 20.8 Å². The van der Waals surface area contributed by atoms with Crippen LogP contribution in [0.25, 0.3) is 0 Å². The smallest absolute Gasteiger partial charge is 0.267 e. The van der Waals surface area contributed by atoms with Crippen molar-refractivity contribution in [1.82, 2.24) is 0 Å². The molecule has 1 aliphatic heterocycles. The molecule has 0 amide bonds. The van der Waals surface area contributed by atoms with Crippen molar-refractivity contribution in [3.63, 3.8) is 0 Å². The van der Waals surface area contributed by atoms with E-state index in [0.717, 1.165) is 0 Å². The van der Waals surface area contributed by atoms with Gasteiger partial charge in [0, 0.05) is 5.92 Å². The fraction of sp³-hybridized carbons (Fsp3) is 1.00. The molecule has 1 atom stereocenters. The quantitative estimate of drug-likeness (QED) is 0.520. The standard InChI is InChI=1S/C7H14O3S/c1-7(2,3)6-4-10-11(8,9)5-6/h6H,4-5H2,1-3H3. The van der Waals surface area contributed by atoms with Crippen LogP contribution >= 0.6 is 0 Å². The molecule has 1 saturated heterocycles. The lowest BCUT2D eigenvalue weighted by molar-refractivity contribution is 0.203. The third-order valence-corrected chi connectivity index (χ3v) is 3.38. The highest BCUT2D eigenvalue weighted by atomic mass is 32.2. The van der Waals surface area contributed by atoms with Crippen LogP contribution in [-0.4, -0.2) is 20.8 Å². The summed E-state index contributed by atoms with van der Waals surface area (Å²) in [6.45, 7) is 6.44. The van der Waals surface area contributed by atoms with Crippen molar-refractivity contribution in [2.24, 2.45) is 11.3 Å². The van der Waals surface area contributed by atoms with Gasteiger partial charge in [-0.3, -0.25) is 4.18 Å². The van der Waals surface area contributed by atoms with Crippen LogP contribution in [-0.2, 0) is 14.3 Å². The van der Waals surface area contributed by atoms with E-state index in [1.165, 1.54) is 0 Å². The van der Waals surface area contributed by atoms with E-state index in [1.54, 1.807) is 0 Å². The van der Waals surface area contributed by atoms with Crippen molar-refractivity contribution in [1.29, 1.82) is 0 Å². The fourth-order valence-electron chi connectivity index (χ4n) is 1.03. The van der Waals surface area contributed by atoms with Gasteiger partial charge in [-0.15, -0.1) is 0 Å². The SMILES string of the molecule is CC(C)(C)C1COS(=O)(=O)C1. The third kappa shape index (κ3) is 2.17. The molecular formula is C7H14O3S. The highest BCUT2D eigenvalue weighted by molar-refractivity contribution is 7.86. The molecule has 0 spiro atoms. The first-order valence-corrected chi connectivity index (χ1v) is 5.26. The Morgan fingerprint density at radius 1 is 1.36 bits per heavy atom. The zero-order valence-corrected chi connectivity index (χ0v) is 7.94. The lowest BCUT2D eigenvalue weighted by Gasteiger charge is -2.23. The Labute approximate surface area is 67.9 Å². The largest absolute Gasteiger partial charge is 0.270 e. The van der Waals surface area contributed by atoms with E-state index in [2.05, 4.69) is 4.18 Å². The fourth-order valence-corrected chi connectivity index (χ4v) is 2.59. The molecule has 3 nitrogen and oxygen atoms in total. The maximum atomic E-state index is 10.9. The van der Waals surface area contributed by atoms with Gasteiger partial charge in [0.25, 0.3) is 10.1 Å². The average Bonchev–Trinajstić information content (AvgIpc) is 2.07. The molecule has 0 aliphatic carbocycles. The lowest BCUT2D eigenvalue weighted by Crippen LogP contribution is -2.23. The first-order chi connectivity index (χ1) is 4.81. The van der Waals surface area contributed by atoms with Crippen molar-refractivity contribution >= 4 is 10.1 Å². The molecule has 1 unspecified atom stereocenters. The van der Waals surface area contributed by atoms with Crippen molar-refractivity contribution in [3.8, 4) is 0 Å². The van der Waals surface area contributed by atoms with Gasteiger partial charge in [-0.05, 0) is 5.41 Å². The summed E-state index contributed by atoms with van der Waals surface area (Å²) in [5.41, 5.74) is 0.0313. The van der Waals surface area contributed by atoms with Gasteiger partial charge >= 0.3 is 0 Å². The van der Waals surface area contributed by atoms with E-state index in [4.69, 9.17) is 0 Å². The molecule has 0 aromatic rings. The van der Waals surface area contributed by atoms with E-state index in [0.29, 0.717) is 6.61 Å². The minimum absolute atomic E-state index is 0.0313. The minimum Gasteiger partial charge on any atom is -0.270 e. The predicted molar refractivity (Wildman–Crippen MR) is 42.7 cm³/mol. The molecule has 1 aliphatic rings. The monoisotopic (exact) mass is 178 g/mol. The van der Waals surface area contributed by atoms with E-state index >= 15 is 0 Å². The zero-order valence-electron chi connectivity index (χ0n) is 7.12. The molecule has 0 bridgehead atoms. The Morgan fingerprint density at radius 3 is 2.09 bits per heavy atom. The molecule has 1 heterocycles. The Balaban J connectivity index is 2.70. The summed E-state index contributed by atoms with van der Waals surface area (Å²) in [7, 11) is -3.18. The second-order valence-corrected chi connectivity index (χ2v) is 5.76. The molecule has 0 N–H and O–H groups in total. The summed E-state index contributed by atoms with van der Waals surface area (Å²) >= 11 is 0. The molecule has 4 heteroatoms. The summed E-state index contributed by atoms with van der Waals surface area (Å²) in [6.07, 6.45) is 0. The number of hydrogen-bond donors (Lipinski definition) is 0. The molecule has 1 rings (SSSR count). The lowest BCUT2D eigenvalue weighted by atomic mass is 9.83. The van der Waals surface area contributed by atoms with Crippen LogP contribution in [0.1, 0.15) is 20.8 Å². The molecule has 0 aromatic heterocycles. The van der Waals surface area contributed by atoms with Gasteiger partial charge < -0.3 is 0 Å². The van der Waals surface area contributed by atoms with E-state index in [-0.39, 0.29) is 17.1 Å². The second-order valence-electron chi connectivity index (χ2n) is 4.07. The molecule has 0 aromatic carbocycles. The molecule has 0 radical (unpaired) electrons. The zero-order chi connectivity index (χ0) is 8.70. The van der Waals surface area contributed by atoms with Crippen LogP contribution in [0, 0.1) is 11.3 Å². The van der Waals surface area contributed by atoms with Crippen LogP contribution in [0.15, 0.2) is 0 Å². The Morgan fingerprint density at radius 2 is 1.91 bits per heavy atom. The topological polar surface area (TPSA) is 43.4 Å². The normalized spacial score (nSPS) is 30.6. The van der Waals surface area contributed by atoms with Crippen molar-refractivity contribution in [3.05, 3.63) is 0 Å². The molecule has 66 valence electrons. The van der Waals surface area contributed by atoms with Gasteiger partial charge in [-0.2, -0.15) is 8.42 Å². The van der Waals surface area contributed by atoms with E-state index < -0.39 is 10.1 Å². The van der Waals surface area contributed by atoms with Crippen LogP contribution < -0.4 is 0 Å². The van der Waals surface area contributed by atoms with Crippen LogP contribution in [0.4, 0.5) is 0 Å². The Hall–Kier alpha value is -0.0900. The third-order valence-electron chi connectivity index (χ3n) is 2.08. The molecule has 1 fully saturated rings. The maximum Gasteiger partial charge on any atom is 0.267 e. The maximum absolute atomic E-state index is 10.9. The summed E-state index contributed by atoms with van der Waals surface area (Å²) in [5, 5.41) is 0. The second kappa shape index (κ2) is 2.45. The molecule has 0 saturated carbocycles. The first kappa shape index (κ1) is 9.00. The van der Waals surface area contributed by atoms with Gasteiger partial charge in [0.1, 0.15) is 0 Å². The van der Waals surface area contributed by atoms with Crippen LogP contribution in [0.3, 0.4) is 0 Å². The van der Waals surface area contributed by atoms with Crippen molar-refractivity contribution in [2.45, 2.75) is 20.8 Å². The predicted octanol–water partition coefficient (Wildman–Crippen LogP) is 1.01. The van der Waals surface area contributed by atoms with Gasteiger partial charge in [-0.25, -0.2) is 0 Å². The van der Waals surface area contributed by atoms with Gasteiger partial charge in [0.05, 0.1) is 12.4 Å². The van der Waals surface area contributed by atoms with Crippen LogP contribution in [0.5, 0.6) is 0 Å². The summed E-state index contributed by atoms with van der Waals surface area (Å²) < 4.78 is 26.4. The average molecular weight is 178 g/mol. The summed E-state index contributed by atoms with van der Waals surface area (Å²) in [4.78, 5) is 0. The molecule has 11 heavy (non-hydrogen) atoms. The van der Waals surface area contributed by atoms with Gasteiger partial charge in [0.15, 0.2) is 0 Å². The minimum atomic E-state index is -3.18. The van der Waals surface area contributed by atoms with E-state index in [9.17, 15) is 8.42 Å². The summed E-state index contributed by atoms with van der Waals surface area (Å²) in [5.74, 6) is 0.323. The Kier molecular flexibility index (Phi) is 2.01. The van der Waals surface area contributed by atoms with Crippen molar-refractivity contribution < 1.29 is 12.6 Å². The van der Waals surface area contributed by atoms with Crippen molar-refractivity contribution in [2.75, 3.05) is 12.4 Å². The highest BCUT2D eigenvalue weighted by Gasteiger charge is 2.36.